The second kappa shape index (κ2) is 8.59. The third kappa shape index (κ3) is 4.00. The van der Waals surface area contributed by atoms with Crippen LogP contribution in [0.1, 0.15) is 32.4 Å². The highest BCUT2D eigenvalue weighted by atomic mass is 16.6. The van der Waals surface area contributed by atoms with Crippen LogP contribution in [0.2, 0.25) is 0 Å². The number of urea groups is 1. The van der Waals surface area contributed by atoms with Crippen molar-refractivity contribution in [2.24, 2.45) is 5.92 Å². The summed E-state index contributed by atoms with van der Waals surface area (Å²) in [6.45, 7) is 5.51. The average Bonchev–Trinajstić information content (AvgIpc) is 2.66. The molecule has 0 saturated heterocycles. The maximum Gasteiger partial charge on any atom is 0.337 e. The molecule has 10 nitrogen and oxygen atoms in total. The van der Waals surface area contributed by atoms with Crippen molar-refractivity contribution in [1.29, 1.82) is 0 Å². The predicted molar refractivity (Wildman–Crippen MR) is 99.1 cm³/mol. The molecule has 0 saturated carbocycles. The number of methoxy groups -OCH3 is 2. The minimum atomic E-state index is -0.957. The molecule has 2 rings (SSSR count). The maximum absolute atomic E-state index is 12.5. The number of allylic oxidation sites excluding steroid dienone is 1. The fourth-order valence-electron chi connectivity index (χ4n) is 2.98. The summed E-state index contributed by atoms with van der Waals surface area (Å²) in [7, 11) is 2.57. The molecule has 0 aliphatic carbocycles. The van der Waals surface area contributed by atoms with Crippen molar-refractivity contribution < 1.29 is 28.7 Å². The molecule has 1 unspecified atom stereocenters. The molecule has 152 valence electrons. The van der Waals surface area contributed by atoms with Gasteiger partial charge in [0.15, 0.2) is 5.75 Å². The van der Waals surface area contributed by atoms with Crippen LogP contribution in [-0.4, -0.2) is 37.8 Å². The molecule has 0 aromatic heterocycles. The lowest BCUT2D eigenvalue weighted by Gasteiger charge is -2.31. The minimum Gasteiger partial charge on any atom is -0.493 e. The number of amides is 2. The first-order valence-electron chi connectivity index (χ1n) is 8.64. The molecule has 2 N–H and O–H groups in total. The Hall–Kier alpha value is -3.30. The van der Waals surface area contributed by atoms with E-state index in [-0.39, 0.29) is 35.3 Å². The molecule has 1 aliphatic heterocycles. The van der Waals surface area contributed by atoms with Crippen LogP contribution in [0, 0.1) is 16.0 Å². The van der Waals surface area contributed by atoms with Gasteiger partial charge in [-0.15, -0.1) is 0 Å². The lowest BCUT2D eigenvalue weighted by molar-refractivity contribution is -0.386. The fourth-order valence-corrected chi connectivity index (χ4v) is 2.98. The van der Waals surface area contributed by atoms with Crippen molar-refractivity contribution in [2.75, 3.05) is 20.8 Å². The second-order valence-corrected chi connectivity index (χ2v) is 6.27. The Kier molecular flexibility index (Phi) is 6.45. The molecule has 2 amide bonds. The van der Waals surface area contributed by atoms with Crippen LogP contribution in [-0.2, 0) is 9.53 Å². The highest BCUT2D eigenvalue weighted by molar-refractivity contribution is 5.95. The molecular weight excluding hydrogens is 370 g/mol. The molecule has 28 heavy (non-hydrogen) atoms. The smallest absolute Gasteiger partial charge is 0.337 e. The van der Waals surface area contributed by atoms with E-state index in [2.05, 4.69) is 10.6 Å². The Labute approximate surface area is 162 Å². The summed E-state index contributed by atoms with van der Waals surface area (Å²) in [5.74, 6) is -0.750. The van der Waals surface area contributed by atoms with Crippen LogP contribution in [0.4, 0.5) is 10.5 Å². The number of nitrogens with one attached hydrogen (secondary N) is 2. The van der Waals surface area contributed by atoms with E-state index in [4.69, 9.17) is 14.2 Å². The summed E-state index contributed by atoms with van der Waals surface area (Å²) in [6, 6.07) is 1.26. The van der Waals surface area contributed by atoms with Gasteiger partial charge in [-0.05, 0) is 24.5 Å². The minimum absolute atomic E-state index is 0.0216. The zero-order chi connectivity index (χ0) is 21.0. The number of nitro benzene ring substituents is 1. The van der Waals surface area contributed by atoms with Crippen molar-refractivity contribution in [3.05, 3.63) is 39.1 Å². The van der Waals surface area contributed by atoms with E-state index in [1.54, 1.807) is 6.92 Å². The maximum atomic E-state index is 12.5. The summed E-state index contributed by atoms with van der Waals surface area (Å²) < 4.78 is 15.5. The summed E-state index contributed by atoms with van der Waals surface area (Å²) in [4.78, 5) is 35.6. The Morgan fingerprint density at radius 2 is 2.00 bits per heavy atom. The van der Waals surface area contributed by atoms with E-state index in [1.165, 1.54) is 26.4 Å². The number of hydrogen-bond donors (Lipinski definition) is 2. The lowest BCUT2D eigenvalue weighted by Crippen LogP contribution is -2.47. The van der Waals surface area contributed by atoms with E-state index in [0.717, 1.165) is 0 Å². The third-order valence-electron chi connectivity index (χ3n) is 4.18. The highest BCUT2D eigenvalue weighted by Gasteiger charge is 2.36. The van der Waals surface area contributed by atoms with E-state index < -0.39 is 23.0 Å². The zero-order valence-corrected chi connectivity index (χ0v) is 16.3. The Morgan fingerprint density at radius 1 is 1.32 bits per heavy atom. The first-order valence-corrected chi connectivity index (χ1v) is 8.64. The third-order valence-corrected chi connectivity index (χ3v) is 4.18. The largest absolute Gasteiger partial charge is 0.493 e. The van der Waals surface area contributed by atoms with Crippen LogP contribution in [0.5, 0.6) is 11.5 Å². The van der Waals surface area contributed by atoms with Gasteiger partial charge in [-0.2, -0.15) is 0 Å². The number of esters is 1. The molecular formula is C18H23N3O7. The molecule has 0 fully saturated rings. The monoisotopic (exact) mass is 393 g/mol. The second-order valence-electron chi connectivity index (χ2n) is 6.27. The lowest BCUT2D eigenvalue weighted by atomic mass is 9.91. The van der Waals surface area contributed by atoms with Crippen molar-refractivity contribution in [2.45, 2.75) is 26.8 Å². The summed E-state index contributed by atoms with van der Waals surface area (Å²) in [5, 5.41) is 16.8. The van der Waals surface area contributed by atoms with Gasteiger partial charge >= 0.3 is 17.7 Å². The Morgan fingerprint density at radius 3 is 2.50 bits per heavy atom. The Bertz CT molecular complexity index is 833. The molecule has 10 heteroatoms. The number of benzene rings is 1. The van der Waals surface area contributed by atoms with Crippen LogP contribution >= 0.6 is 0 Å². The molecule has 1 aromatic carbocycles. The van der Waals surface area contributed by atoms with E-state index in [1.807, 2.05) is 13.8 Å². The first-order chi connectivity index (χ1) is 13.2. The zero-order valence-electron chi connectivity index (χ0n) is 16.3. The van der Waals surface area contributed by atoms with Crippen LogP contribution in [0.15, 0.2) is 23.4 Å². The van der Waals surface area contributed by atoms with Crippen molar-refractivity contribution in [3.63, 3.8) is 0 Å². The van der Waals surface area contributed by atoms with Gasteiger partial charge in [0.1, 0.15) is 0 Å². The summed E-state index contributed by atoms with van der Waals surface area (Å²) >= 11 is 0. The van der Waals surface area contributed by atoms with Gasteiger partial charge in [-0.3, -0.25) is 10.1 Å². The normalized spacial score (nSPS) is 16.4. The highest BCUT2D eigenvalue weighted by Crippen LogP contribution is 2.42. The van der Waals surface area contributed by atoms with Gasteiger partial charge in [0.25, 0.3) is 0 Å². The van der Waals surface area contributed by atoms with Gasteiger partial charge in [-0.1, -0.05) is 13.8 Å². The number of hydrogen-bond acceptors (Lipinski definition) is 7. The van der Waals surface area contributed by atoms with Crippen LogP contribution in [0.25, 0.3) is 0 Å². The van der Waals surface area contributed by atoms with Crippen molar-refractivity contribution in [3.8, 4) is 11.5 Å². The molecule has 1 atom stereocenters. The topological polar surface area (TPSA) is 129 Å². The van der Waals surface area contributed by atoms with Gasteiger partial charge in [-0.25, -0.2) is 9.59 Å². The van der Waals surface area contributed by atoms with Gasteiger partial charge in [0.05, 0.1) is 37.4 Å². The molecule has 0 radical (unpaired) electrons. The number of rotatable bonds is 7. The summed E-state index contributed by atoms with van der Waals surface area (Å²) in [6.07, 6.45) is 0. The molecule has 0 bridgehead atoms. The SMILES string of the molecule is CCOc1c(OC)cc(C2NC(=O)NC(C(C)C)=C2C(=O)OC)cc1[N+](=O)[O-]. The quantitative estimate of drug-likeness (QED) is 0.413. The molecule has 1 aliphatic rings. The average molecular weight is 393 g/mol. The molecule has 1 aromatic rings. The van der Waals surface area contributed by atoms with Gasteiger partial charge in [0, 0.05) is 11.8 Å². The van der Waals surface area contributed by atoms with Gasteiger partial charge < -0.3 is 24.8 Å². The number of nitro groups is 1. The van der Waals surface area contributed by atoms with Gasteiger partial charge in [0.2, 0.25) is 5.75 Å². The summed E-state index contributed by atoms with van der Waals surface area (Å²) in [5.41, 5.74) is 0.508. The predicted octanol–water partition coefficient (Wildman–Crippen LogP) is 2.44. The van der Waals surface area contributed by atoms with Crippen molar-refractivity contribution in [1.82, 2.24) is 10.6 Å². The standard InChI is InChI=1S/C18H23N3O7/c1-6-28-16-11(21(24)25)7-10(8-12(16)26-4)15-13(17(22)27-5)14(9(2)3)19-18(23)20-15/h7-9,15H,6H2,1-5H3,(H2,19,20,23). The molecule has 0 spiro atoms. The van der Waals surface area contributed by atoms with Crippen LogP contribution in [0.3, 0.4) is 0 Å². The van der Waals surface area contributed by atoms with E-state index in [9.17, 15) is 19.7 Å². The number of nitrogens with zero attached hydrogens (tertiary/aromatic N) is 1. The first kappa shape index (κ1) is 21.0. The van der Waals surface area contributed by atoms with E-state index >= 15 is 0 Å². The number of carbonyl (C=O) groups is 2. The van der Waals surface area contributed by atoms with Crippen molar-refractivity contribution >= 4 is 17.7 Å². The number of carbonyl (C=O) groups excluding carboxylic acids is 2. The van der Waals surface area contributed by atoms with Crippen LogP contribution < -0.4 is 20.1 Å². The fraction of sp³-hybridized carbons (Fsp3) is 0.444. The Balaban J connectivity index is 2.74. The number of ether oxygens (including phenoxy) is 3. The van der Waals surface area contributed by atoms with E-state index in [0.29, 0.717) is 11.3 Å². The molecule has 1 heterocycles.